The second-order valence-corrected chi connectivity index (χ2v) is 8.44. The number of anilines is 1. The molecule has 0 radical (unpaired) electrons. The summed E-state index contributed by atoms with van der Waals surface area (Å²) in [5.41, 5.74) is 5.51. The fourth-order valence-electron chi connectivity index (χ4n) is 3.70. The Labute approximate surface area is 187 Å². The van der Waals surface area contributed by atoms with Gasteiger partial charge in [-0.2, -0.15) is 0 Å². The number of benzodiazepines with no additional fused rings is 1. The number of rotatable bonds is 5. The number of hydrogen-bond donors (Lipinski definition) is 1. The van der Waals surface area contributed by atoms with Gasteiger partial charge in [-0.15, -0.1) is 0 Å². The lowest BCUT2D eigenvalue weighted by Crippen LogP contribution is -2.27. The Morgan fingerprint density at radius 3 is 2.39 bits per heavy atom. The summed E-state index contributed by atoms with van der Waals surface area (Å²) in [6.45, 7) is 4.34. The SMILES string of the molecule is COc1ccc(C2=NC(Cc3ccc(C(C)C)cc3)C(=O)Nc3ccc(Cl)cc32)cc1. The molecule has 1 heterocycles. The first-order chi connectivity index (χ1) is 14.9. The van der Waals surface area contributed by atoms with Crippen LogP contribution in [0.2, 0.25) is 5.02 Å². The number of ether oxygens (including phenoxy) is 1. The number of hydrogen-bond acceptors (Lipinski definition) is 3. The number of benzene rings is 3. The molecule has 1 aliphatic rings. The number of nitrogens with one attached hydrogen (secondary N) is 1. The number of carbonyl (C=O) groups excluding carboxylic acids is 1. The van der Waals surface area contributed by atoms with Gasteiger partial charge in [-0.05, 0) is 59.5 Å². The first-order valence-electron chi connectivity index (χ1n) is 10.4. The van der Waals surface area contributed by atoms with Crippen LogP contribution in [-0.4, -0.2) is 24.8 Å². The van der Waals surface area contributed by atoms with Crippen molar-refractivity contribution in [2.75, 3.05) is 12.4 Å². The number of aliphatic imine (C=N–C) groups is 1. The molecule has 3 aromatic rings. The maximum Gasteiger partial charge on any atom is 0.249 e. The normalized spacial score (nSPS) is 15.7. The molecular weight excluding hydrogens is 408 g/mol. The summed E-state index contributed by atoms with van der Waals surface area (Å²) in [7, 11) is 1.64. The van der Waals surface area contributed by atoms with Gasteiger partial charge in [-0.3, -0.25) is 9.79 Å². The van der Waals surface area contributed by atoms with Gasteiger partial charge in [0.25, 0.3) is 0 Å². The lowest BCUT2D eigenvalue weighted by Gasteiger charge is -2.13. The van der Waals surface area contributed by atoms with Crippen molar-refractivity contribution in [1.82, 2.24) is 0 Å². The maximum atomic E-state index is 13.0. The van der Waals surface area contributed by atoms with Crippen LogP contribution in [0.1, 0.15) is 42.0 Å². The summed E-state index contributed by atoms with van der Waals surface area (Å²) in [6, 6.07) is 21.0. The molecule has 158 valence electrons. The second-order valence-electron chi connectivity index (χ2n) is 8.00. The Bertz CT molecular complexity index is 1120. The highest BCUT2D eigenvalue weighted by Gasteiger charge is 2.26. The van der Waals surface area contributed by atoms with Crippen molar-refractivity contribution in [2.24, 2.45) is 4.99 Å². The number of amides is 1. The topological polar surface area (TPSA) is 50.7 Å². The molecule has 0 aromatic heterocycles. The molecule has 0 saturated heterocycles. The molecule has 1 atom stereocenters. The average Bonchev–Trinajstić information content (AvgIpc) is 2.90. The molecule has 0 saturated carbocycles. The molecule has 4 rings (SSSR count). The van der Waals surface area contributed by atoms with Gasteiger partial charge in [-0.25, -0.2) is 0 Å². The third kappa shape index (κ3) is 4.64. The van der Waals surface area contributed by atoms with E-state index in [2.05, 4.69) is 43.4 Å². The summed E-state index contributed by atoms with van der Waals surface area (Å²) < 4.78 is 5.29. The van der Waals surface area contributed by atoms with Crippen LogP contribution in [0.15, 0.2) is 71.7 Å². The molecule has 1 N–H and O–H groups in total. The smallest absolute Gasteiger partial charge is 0.249 e. The predicted molar refractivity (Wildman–Crippen MR) is 127 cm³/mol. The Balaban J connectivity index is 1.75. The van der Waals surface area contributed by atoms with Crippen molar-refractivity contribution in [3.8, 4) is 5.75 Å². The van der Waals surface area contributed by atoms with E-state index in [1.54, 1.807) is 13.2 Å². The highest BCUT2D eigenvalue weighted by molar-refractivity contribution is 6.32. The number of fused-ring (bicyclic) bond motifs is 1. The number of methoxy groups -OCH3 is 1. The van der Waals surface area contributed by atoms with Gasteiger partial charge in [0.1, 0.15) is 11.8 Å². The highest BCUT2D eigenvalue weighted by Crippen LogP contribution is 2.29. The fraction of sp³-hybridized carbons (Fsp3) is 0.231. The summed E-state index contributed by atoms with van der Waals surface area (Å²) in [4.78, 5) is 18.0. The minimum absolute atomic E-state index is 0.125. The Kier molecular flexibility index (Phi) is 6.10. The van der Waals surface area contributed by atoms with E-state index in [0.717, 1.165) is 28.2 Å². The minimum Gasteiger partial charge on any atom is -0.497 e. The van der Waals surface area contributed by atoms with Crippen LogP contribution in [0.5, 0.6) is 5.75 Å². The third-order valence-corrected chi connectivity index (χ3v) is 5.76. The average molecular weight is 433 g/mol. The maximum absolute atomic E-state index is 13.0. The van der Waals surface area contributed by atoms with Gasteiger partial charge in [0, 0.05) is 22.6 Å². The molecule has 1 unspecified atom stereocenters. The van der Waals surface area contributed by atoms with E-state index in [1.807, 2.05) is 36.4 Å². The van der Waals surface area contributed by atoms with Gasteiger partial charge in [0.2, 0.25) is 5.91 Å². The van der Waals surface area contributed by atoms with Gasteiger partial charge in [0.15, 0.2) is 0 Å². The van der Waals surface area contributed by atoms with E-state index in [9.17, 15) is 4.79 Å². The molecule has 31 heavy (non-hydrogen) atoms. The van der Waals surface area contributed by atoms with Gasteiger partial charge in [0.05, 0.1) is 18.5 Å². The van der Waals surface area contributed by atoms with E-state index in [1.165, 1.54) is 5.56 Å². The van der Waals surface area contributed by atoms with E-state index in [-0.39, 0.29) is 5.91 Å². The molecule has 0 aliphatic carbocycles. The number of nitrogens with zero attached hydrogens (tertiary/aromatic N) is 1. The third-order valence-electron chi connectivity index (χ3n) is 5.52. The molecule has 4 nitrogen and oxygen atoms in total. The Morgan fingerprint density at radius 1 is 1.03 bits per heavy atom. The van der Waals surface area contributed by atoms with Gasteiger partial charge < -0.3 is 10.1 Å². The monoisotopic (exact) mass is 432 g/mol. The van der Waals surface area contributed by atoms with E-state index < -0.39 is 6.04 Å². The fourth-order valence-corrected chi connectivity index (χ4v) is 3.87. The van der Waals surface area contributed by atoms with Crippen LogP contribution in [0.4, 0.5) is 5.69 Å². The quantitative estimate of drug-likeness (QED) is 0.547. The van der Waals surface area contributed by atoms with Crippen LogP contribution >= 0.6 is 11.6 Å². The number of carbonyl (C=O) groups is 1. The molecule has 0 bridgehead atoms. The summed E-state index contributed by atoms with van der Waals surface area (Å²) >= 11 is 6.29. The lowest BCUT2D eigenvalue weighted by atomic mass is 9.98. The van der Waals surface area contributed by atoms with Crippen LogP contribution in [0.25, 0.3) is 0 Å². The van der Waals surface area contributed by atoms with Gasteiger partial charge >= 0.3 is 0 Å². The van der Waals surface area contributed by atoms with Crippen LogP contribution in [0.3, 0.4) is 0 Å². The Hall–Kier alpha value is -3.11. The molecule has 1 aliphatic heterocycles. The molecule has 5 heteroatoms. The summed E-state index contributed by atoms with van der Waals surface area (Å²) in [5, 5.41) is 3.63. The highest BCUT2D eigenvalue weighted by atomic mass is 35.5. The van der Waals surface area contributed by atoms with Crippen LogP contribution in [-0.2, 0) is 11.2 Å². The van der Waals surface area contributed by atoms with Crippen molar-refractivity contribution in [3.63, 3.8) is 0 Å². The Morgan fingerprint density at radius 2 is 1.74 bits per heavy atom. The lowest BCUT2D eigenvalue weighted by molar-refractivity contribution is -0.117. The first kappa shape index (κ1) is 21.1. The van der Waals surface area contributed by atoms with E-state index in [0.29, 0.717) is 23.0 Å². The zero-order valence-electron chi connectivity index (χ0n) is 17.9. The molecule has 1 amide bonds. The molecular formula is C26H25ClN2O2. The van der Waals surface area contributed by atoms with E-state index >= 15 is 0 Å². The van der Waals surface area contributed by atoms with E-state index in [4.69, 9.17) is 21.3 Å². The molecule has 3 aromatic carbocycles. The minimum atomic E-state index is -0.548. The van der Waals surface area contributed by atoms with Gasteiger partial charge in [-0.1, -0.05) is 49.7 Å². The summed E-state index contributed by atoms with van der Waals surface area (Å²) in [5.74, 6) is 1.11. The zero-order chi connectivity index (χ0) is 22.0. The number of halogens is 1. The molecule has 0 fully saturated rings. The largest absolute Gasteiger partial charge is 0.497 e. The van der Waals surface area contributed by atoms with Crippen molar-refractivity contribution in [2.45, 2.75) is 32.2 Å². The van der Waals surface area contributed by atoms with Crippen molar-refractivity contribution in [3.05, 3.63) is 94.0 Å². The standard InChI is InChI=1S/C26H25ClN2O2/c1-16(2)18-6-4-17(5-7-18)14-24-26(30)29-23-13-10-20(27)15-22(23)25(28-24)19-8-11-21(31-3)12-9-19/h4-13,15-16,24H,14H2,1-3H3,(H,29,30). The second kappa shape index (κ2) is 8.94. The first-order valence-corrected chi connectivity index (χ1v) is 10.7. The van der Waals surface area contributed by atoms with Crippen molar-refractivity contribution in [1.29, 1.82) is 0 Å². The zero-order valence-corrected chi connectivity index (χ0v) is 18.6. The van der Waals surface area contributed by atoms with Crippen molar-refractivity contribution < 1.29 is 9.53 Å². The van der Waals surface area contributed by atoms with Crippen LogP contribution < -0.4 is 10.1 Å². The van der Waals surface area contributed by atoms with Crippen LogP contribution in [0, 0.1) is 0 Å². The molecule has 0 spiro atoms. The summed E-state index contributed by atoms with van der Waals surface area (Å²) in [6.07, 6.45) is 0.519. The predicted octanol–water partition coefficient (Wildman–Crippen LogP) is 5.87. The van der Waals surface area contributed by atoms with Crippen molar-refractivity contribution >= 4 is 28.9 Å².